The van der Waals surface area contributed by atoms with Crippen LogP contribution in [-0.4, -0.2) is 0 Å². The van der Waals surface area contributed by atoms with Crippen molar-refractivity contribution in [3.8, 4) is 11.5 Å². The Bertz CT molecular complexity index is 1790. The lowest BCUT2D eigenvalue weighted by Gasteiger charge is -2.18. The van der Waals surface area contributed by atoms with Crippen LogP contribution in [0.15, 0.2) is 127 Å². The van der Waals surface area contributed by atoms with Crippen LogP contribution < -0.4 is 15.2 Å². The maximum Gasteiger partial charge on any atom is 0.135 e. The second-order valence-corrected chi connectivity index (χ2v) is 8.93. The topological polar surface area (TPSA) is 9.23 Å². The van der Waals surface area contributed by atoms with Crippen molar-refractivity contribution in [2.24, 2.45) is 0 Å². The van der Waals surface area contributed by atoms with Gasteiger partial charge < -0.3 is 4.74 Å². The monoisotopic (exact) mass is 446 g/mol. The first-order valence-corrected chi connectivity index (χ1v) is 11.9. The second-order valence-electron chi connectivity index (χ2n) is 8.93. The molecule has 0 amide bonds. The molecule has 6 aromatic rings. The van der Waals surface area contributed by atoms with Gasteiger partial charge in [-0.15, -0.1) is 0 Å². The molecule has 0 bridgehead atoms. The largest absolute Gasteiger partial charge is 0.456 e. The number of hydrogen-bond acceptors (Lipinski definition) is 1. The summed E-state index contributed by atoms with van der Waals surface area (Å²) in [4.78, 5) is 0. The average Bonchev–Trinajstić information content (AvgIpc) is 2.92. The second kappa shape index (κ2) is 8.00. The highest BCUT2D eigenvalue weighted by atomic mass is 16.5. The van der Waals surface area contributed by atoms with Crippen LogP contribution in [0, 0.1) is 0 Å². The molecule has 1 aliphatic rings. The van der Waals surface area contributed by atoms with Crippen LogP contribution >= 0.6 is 0 Å². The molecule has 0 unspecified atom stereocenters. The van der Waals surface area contributed by atoms with Gasteiger partial charge in [0.1, 0.15) is 11.5 Å². The van der Waals surface area contributed by atoms with Crippen molar-refractivity contribution in [1.82, 2.24) is 0 Å². The Kier molecular flexibility index (Phi) is 4.53. The lowest BCUT2D eigenvalue weighted by atomic mass is 9.88. The van der Waals surface area contributed by atoms with Crippen LogP contribution in [0.2, 0.25) is 0 Å². The van der Waals surface area contributed by atoms with Gasteiger partial charge in [0.15, 0.2) is 0 Å². The SMILES string of the molecule is C1=c2c(cccc2=C(c2cccc3ccccc23)c2cccc3ccccc23)Oc2ccccc21. The minimum absolute atomic E-state index is 0.888. The Morgan fingerprint density at radius 1 is 0.457 bits per heavy atom. The van der Waals surface area contributed by atoms with E-state index in [9.17, 15) is 0 Å². The summed E-state index contributed by atoms with van der Waals surface area (Å²) in [7, 11) is 0. The van der Waals surface area contributed by atoms with E-state index >= 15 is 0 Å². The van der Waals surface area contributed by atoms with Gasteiger partial charge in [-0.25, -0.2) is 0 Å². The molecule has 0 fully saturated rings. The molecular formula is C34H22O. The van der Waals surface area contributed by atoms with E-state index in [0.717, 1.165) is 22.3 Å². The van der Waals surface area contributed by atoms with E-state index < -0.39 is 0 Å². The molecule has 0 spiro atoms. The number of benzene rings is 6. The zero-order valence-corrected chi connectivity index (χ0v) is 19.1. The predicted octanol–water partition coefficient (Wildman–Crippen LogP) is 7.17. The summed E-state index contributed by atoms with van der Waals surface area (Å²) < 4.78 is 6.37. The van der Waals surface area contributed by atoms with E-state index in [1.54, 1.807) is 0 Å². The van der Waals surface area contributed by atoms with E-state index in [1.165, 1.54) is 43.5 Å². The Morgan fingerprint density at radius 3 is 1.71 bits per heavy atom. The molecule has 0 aromatic heterocycles. The summed E-state index contributed by atoms with van der Waals surface area (Å²) in [6, 6.07) is 45.1. The first-order chi connectivity index (χ1) is 17.4. The van der Waals surface area contributed by atoms with Gasteiger partial charge in [0, 0.05) is 10.8 Å². The molecule has 0 atom stereocenters. The summed E-state index contributed by atoms with van der Waals surface area (Å²) in [5, 5.41) is 7.24. The molecular weight excluding hydrogens is 424 g/mol. The molecule has 1 aliphatic heterocycles. The molecule has 35 heavy (non-hydrogen) atoms. The smallest absolute Gasteiger partial charge is 0.135 e. The van der Waals surface area contributed by atoms with Crippen molar-refractivity contribution in [2.75, 3.05) is 0 Å². The lowest BCUT2D eigenvalue weighted by molar-refractivity contribution is 0.473. The third-order valence-electron chi connectivity index (χ3n) is 6.89. The maximum absolute atomic E-state index is 6.37. The number of hydrogen-bond donors (Lipinski definition) is 0. The fourth-order valence-corrected chi connectivity index (χ4v) is 5.29. The maximum atomic E-state index is 6.37. The molecule has 0 aliphatic carbocycles. The molecule has 0 radical (unpaired) electrons. The van der Waals surface area contributed by atoms with Crippen molar-refractivity contribution < 1.29 is 4.74 Å². The van der Waals surface area contributed by atoms with E-state index in [2.05, 4.69) is 121 Å². The Hall–Kier alpha value is -4.62. The average molecular weight is 447 g/mol. The highest BCUT2D eigenvalue weighted by Gasteiger charge is 2.17. The van der Waals surface area contributed by atoms with Crippen molar-refractivity contribution in [3.05, 3.63) is 155 Å². The molecule has 1 nitrogen and oxygen atoms in total. The standard InChI is InChI=1S/C34H22O/c1-4-15-26-23(10-1)13-7-17-28(26)34(29-18-8-14-24-11-2-5-16-27(24)29)30-19-9-21-33-31(30)22-25-12-3-6-20-32(25)35-33/h1-22H. The molecule has 1 heteroatoms. The fraction of sp³-hybridized carbons (Fsp3) is 0. The van der Waals surface area contributed by atoms with Crippen molar-refractivity contribution in [2.45, 2.75) is 0 Å². The molecule has 6 aromatic carbocycles. The zero-order chi connectivity index (χ0) is 23.2. The van der Waals surface area contributed by atoms with Gasteiger partial charge >= 0.3 is 0 Å². The van der Waals surface area contributed by atoms with Crippen LogP contribution in [0.1, 0.15) is 16.7 Å². The van der Waals surface area contributed by atoms with Crippen LogP contribution in [0.25, 0.3) is 33.2 Å². The molecule has 164 valence electrons. The molecule has 0 saturated heterocycles. The van der Waals surface area contributed by atoms with Crippen LogP contribution in [-0.2, 0) is 0 Å². The van der Waals surface area contributed by atoms with Gasteiger partial charge in [-0.2, -0.15) is 0 Å². The minimum atomic E-state index is 0.888. The number of fused-ring (bicyclic) bond motifs is 4. The Labute approximate surface area is 203 Å². The first-order valence-electron chi connectivity index (χ1n) is 11.9. The molecule has 1 heterocycles. The van der Waals surface area contributed by atoms with Gasteiger partial charge in [0.25, 0.3) is 0 Å². The number of ether oxygens (including phenoxy) is 1. The quantitative estimate of drug-likeness (QED) is 0.273. The first kappa shape index (κ1) is 19.8. The Morgan fingerprint density at radius 2 is 1.00 bits per heavy atom. The molecule has 0 saturated carbocycles. The number of rotatable bonds is 2. The van der Waals surface area contributed by atoms with Crippen LogP contribution in [0.5, 0.6) is 11.5 Å². The van der Waals surface area contributed by atoms with Crippen molar-refractivity contribution in [1.29, 1.82) is 0 Å². The summed E-state index contributed by atoms with van der Waals surface area (Å²) >= 11 is 0. The lowest BCUT2D eigenvalue weighted by Crippen LogP contribution is -2.30. The number of para-hydroxylation sites is 1. The summed E-state index contributed by atoms with van der Waals surface area (Å²) in [5.74, 6) is 1.79. The Balaban J connectivity index is 1.70. The van der Waals surface area contributed by atoms with Gasteiger partial charge in [-0.1, -0.05) is 115 Å². The van der Waals surface area contributed by atoms with Gasteiger partial charge in [0.05, 0.1) is 0 Å². The van der Waals surface area contributed by atoms with Crippen LogP contribution in [0.4, 0.5) is 0 Å². The third-order valence-corrected chi connectivity index (χ3v) is 6.89. The van der Waals surface area contributed by atoms with E-state index in [1.807, 2.05) is 12.1 Å². The van der Waals surface area contributed by atoms with Gasteiger partial charge in [-0.05, 0) is 61.7 Å². The highest BCUT2D eigenvalue weighted by Crippen LogP contribution is 2.33. The van der Waals surface area contributed by atoms with E-state index in [4.69, 9.17) is 4.74 Å². The summed E-state index contributed by atoms with van der Waals surface area (Å²) in [6.45, 7) is 0. The van der Waals surface area contributed by atoms with E-state index in [0.29, 0.717) is 0 Å². The van der Waals surface area contributed by atoms with Gasteiger partial charge in [0.2, 0.25) is 0 Å². The normalized spacial score (nSPS) is 11.9. The van der Waals surface area contributed by atoms with Gasteiger partial charge in [-0.3, -0.25) is 0 Å². The van der Waals surface area contributed by atoms with Crippen molar-refractivity contribution >= 4 is 33.2 Å². The highest BCUT2D eigenvalue weighted by molar-refractivity contribution is 6.03. The predicted molar refractivity (Wildman–Crippen MR) is 145 cm³/mol. The minimum Gasteiger partial charge on any atom is -0.456 e. The van der Waals surface area contributed by atoms with E-state index in [-0.39, 0.29) is 0 Å². The molecule has 0 N–H and O–H groups in total. The third kappa shape index (κ3) is 3.25. The van der Waals surface area contributed by atoms with Crippen molar-refractivity contribution in [3.63, 3.8) is 0 Å². The summed E-state index contributed by atoms with van der Waals surface area (Å²) in [5.41, 5.74) is 4.76. The fourth-order valence-electron chi connectivity index (χ4n) is 5.29. The zero-order valence-electron chi connectivity index (χ0n) is 19.1. The molecule has 7 rings (SSSR count). The summed E-state index contributed by atoms with van der Waals surface area (Å²) in [6.07, 6.45) is 2.26. The van der Waals surface area contributed by atoms with Crippen LogP contribution in [0.3, 0.4) is 0 Å².